The highest BCUT2D eigenvalue weighted by Gasteiger charge is 2.12. The van der Waals surface area contributed by atoms with Crippen molar-refractivity contribution in [3.8, 4) is 0 Å². The van der Waals surface area contributed by atoms with Crippen molar-refractivity contribution in [1.29, 1.82) is 0 Å². The third-order valence-corrected chi connectivity index (χ3v) is 4.63. The highest BCUT2D eigenvalue weighted by molar-refractivity contribution is 7.09. The largest absolute Gasteiger partial charge is 0.378 e. The lowest BCUT2D eigenvalue weighted by Gasteiger charge is -2.21. The van der Waals surface area contributed by atoms with Gasteiger partial charge in [0.2, 0.25) is 0 Å². The molecular weight excluding hydrogens is 276 g/mol. The van der Waals surface area contributed by atoms with Crippen molar-refractivity contribution >= 4 is 17.0 Å². The number of thiophene rings is 1. The maximum Gasteiger partial charge on any atom is 0.0364 e. The molecule has 1 heterocycles. The zero-order valence-corrected chi connectivity index (χ0v) is 14.1. The van der Waals surface area contributed by atoms with Crippen LogP contribution < -0.4 is 10.2 Å². The van der Waals surface area contributed by atoms with Crippen LogP contribution in [0.5, 0.6) is 0 Å². The molecule has 2 aromatic rings. The summed E-state index contributed by atoms with van der Waals surface area (Å²) in [4.78, 5) is 3.64. The van der Waals surface area contributed by atoms with Gasteiger partial charge in [-0.25, -0.2) is 0 Å². The van der Waals surface area contributed by atoms with Crippen molar-refractivity contribution in [2.75, 3.05) is 25.5 Å². The molecule has 2 nitrogen and oxygen atoms in total. The number of hydrogen-bond donors (Lipinski definition) is 1. The SMILES string of the molecule is CCCNC(CCc1cccs1)c1cccc(N(C)C)c1. The number of nitrogens with zero attached hydrogens (tertiary/aromatic N) is 1. The molecule has 1 N–H and O–H groups in total. The van der Waals surface area contributed by atoms with Crippen LogP contribution >= 0.6 is 11.3 Å². The van der Waals surface area contributed by atoms with Gasteiger partial charge in [-0.2, -0.15) is 0 Å². The fourth-order valence-corrected chi connectivity index (χ4v) is 3.19. The third-order valence-electron chi connectivity index (χ3n) is 3.69. The van der Waals surface area contributed by atoms with E-state index in [1.165, 1.54) is 22.5 Å². The Morgan fingerprint density at radius 3 is 2.71 bits per heavy atom. The molecule has 0 aliphatic rings. The van der Waals surface area contributed by atoms with Crippen LogP contribution in [0.15, 0.2) is 41.8 Å². The van der Waals surface area contributed by atoms with E-state index in [2.05, 4.69) is 73.0 Å². The fourth-order valence-electron chi connectivity index (χ4n) is 2.47. The van der Waals surface area contributed by atoms with Gasteiger partial charge in [-0.1, -0.05) is 25.1 Å². The monoisotopic (exact) mass is 302 g/mol. The Hall–Kier alpha value is -1.32. The molecule has 3 heteroatoms. The van der Waals surface area contributed by atoms with Crippen molar-refractivity contribution in [3.05, 3.63) is 52.2 Å². The van der Waals surface area contributed by atoms with Crippen LogP contribution in [-0.4, -0.2) is 20.6 Å². The van der Waals surface area contributed by atoms with E-state index < -0.39 is 0 Å². The van der Waals surface area contributed by atoms with Crippen LogP contribution in [0.1, 0.15) is 36.2 Å². The van der Waals surface area contributed by atoms with Gasteiger partial charge in [0.25, 0.3) is 0 Å². The molecule has 2 rings (SSSR count). The molecule has 1 aromatic carbocycles. The first-order valence-electron chi connectivity index (χ1n) is 7.73. The van der Waals surface area contributed by atoms with Crippen molar-refractivity contribution in [2.45, 2.75) is 32.2 Å². The van der Waals surface area contributed by atoms with Gasteiger partial charge in [0, 0.05) is 30.7 Å². The average Bonchev–Trinajstić information content (AvgIpc) is 3.01. The summed E-state index contributed by atoms with van der Waals surface area (Å²) in [6.07, 6.45) is 3.46. The van der Waals surface area contributed by atoms with Crippen LogP contribution in [0, 0.1) is 0 Å². The van der Waals surface area contributed by atoms with Gasteiger partial charge in [0.15, 0.2) is 0 Å². The smallest absolute Gasteiger partial charge is 0.0364 e. The van der Waals surface area contributed by atoms with Crippen molar-refractivity contribution in [2.24, 2.45) is 0 Å². The van der Waals surface area contributed by atoms with E-state index in [1.54, 1.807) is 0 Å². The maximum absolute atomic E-state index is 3.70. The Morgan fingerprint density at radius 1 is 1.19 bits per heavy atom. The Morgan fingerprint density at radius 2 is 2.05 bits per heavy atom. The second-order valence-corrected chi connectivity index (χ2v) is 6.65. The van der Waals surface area contributed by atoms with Gasteiger partial charge in [0.05, 0.1) is 0 Å². The predicted octanol–water partition coefficient (Wildman–Crippen LogP) is 4.49. The topological polar surface area (TPSA) is 15.3 Å². The van der Waals surface area contributed by atoms with Crippen LogP contribution in [0.25, 0.3) is 0 Å². The molecule has 0 saturated heterocycles. The Kier molecular flexibility index (Phi) is 6.27. The van der Waals surface area contributed by atoms with E-state index >= 15 is 0 Å². The van der Waals surface area contributed by atoms with E-state index in [1.807, 2.05) is 11.3 Å². The van der Waals surface area contributed by atoms with Crippen LogP contribution in [0.4, 0.5) is 5.69 Å². The van der Waals surface area contributed by atoms with Gasteiger partial charge in [-0.3, -0.25) is 0 Å². The van der Waals surface area contributed by atoms with Crippen LogP contribution in [0.2, 0.25) is 0 Å². The minimum Gasteiger partial charge on any atom is -0.378 e. The van der Waals surface area contributed by atoms with E-state index in [0.29, 0.717) is 6.04 Å². The first-order chi connectivity index (χ1) is 10.2. The van der Waals surface area contributed by atoms with E-state index in [0.717, 1.165) is 19.4 Å². The number of nitrogens with one attached hydrogen (secondary N) is 1. The maximum atomic E-state index is 3.70. The van der Waals surface area contributed by atoms with Crippen molar-refractivity contribution < 1.29 is 0 Å². The van der Waals surface area contributed by atoms with Gasteiger partial charge in [0.1, 0.15) is 0 Å². The molecular formula is C18H26N2S. The minimum atomic E-state index is 0.437. The van der Waals surface area contributed by atoms with Gasteiger partial charge < -0.3 is 10.2 Å². The summed E-state index contributed by atoms with van der Waals surface area (Å²) in [5.41, 5.74) is 2.66. The number of benzene rings is 1. The van der Waals surface area contributed by atoms with Crippen LogP contribution in [0.3, 0.4) is 0 Å². The fraction of sp³-hybridized carbons (Fsp3) is 0.444. The molecule has 0 amide bonds. The summed E-state index contributed by atoms with van der Waals surface area (Å²) in [5, 5.41) is 5.86. The summed E-state index contributed by atoms with van der Waals surface area (Å²) in [5.74, 6) is 0. The highest BCUT2D eigenvalue weighted by atomic mass is 32.1. The summed E-state index contributed by atoms with van der Waals surface area (Å²) < 4.78 is 0. The Bertz CT molecular complexity index is 520. The molecule has 0 bridgehead atoms. The van der Waals surface area contributed by atoms with E-state index in [4.69, 9.17) is 0 Å². The minimum absolute atomic E-state index is 0.437. The third kappa shape index (κ3) is 4.87. The normalized spacial score (nSPS) is 12.3. The number of rotatable bonds is 8. The summed E-state index contributed by atoms with van der Waals surface area (Å²) in [7, 11) is 4.19. The lowest BCUT2D eigenvalue weighted by Crippen LogP contribution is -2.23. The molecule has 0 radical (unpaired) electrons. The quantitative estimate of drug-likeness (QED) is 0.773. The highest BCUT2D eigenvalue weighted by Crippen LogP contribution is 2.24. The molecule has 0 spiro atoms. The first kappa shape index (κ1) is 16.1. The summed E-state index contributed by atoms with van der Waals surface area (Å²) in [6, 6.07) is 13.7. The molecule has 21 heavy (non-hydrogen) atoms. The second-order valence-electron chi connectivity index (χ2n) is 5.61. The van der Waals surface area contributed by atoms with E-state index in [9.17, 15) is 0 Å². The molecule has 1 unspecified atom stereocenters. The van der Waals surface area contributed by atoms with Gasteiger partial charge in [-0.15, -0.1) is 11.3 Å². The second kappa shape index (κ2) is 8.20. The number of hydrogen-bond acceptors (Lipinski definition) is 3. The molecule has 0 aliphatic heterocycles. The van der Waals surface area contributed by atoms with Crippen molar-refractivity contribution in [3.63, 3.8) is 0 Å². The average molecular weight is 302 g/mol. The molecule has 114 valence electrons. The summed E-state index contributed by atoms with van der Waals surface area (Å²) in [6.45, 7) is 3.29. The lowest BCUT2D eigenvalue weighted by molar-refractivity contribution is 0.501. The Balaban J connectivity index is 2.08. The Labute approximate surface area is 132 Å². The predicted molar refractivity (Wildman–Crippen MR) is 94.4 cm³/mol. The first-order valence-corrected chi connectivity index (χ1v) is 8.61. The standard InChI is InChI=1S/C18H26N2S/c1-4-12-19-18(11-10-17-9-6-13-21-17)15-7-5-8-16(14-15)20(2)3/h5-9,13-14,18-19H,4,10-12H2,1-3H3. The molecule has 1 atom stereocenters. The van der Waals surface area contributed by atoms with Crippen molar-refractivity contribution in [1.82, 2.24) is 5.32 Å². The van der Waals surface area contributed by atoms with Crippen LogP contribution in [-0.2, 0) is 6.42 Å². The van der Waals surface area contributed by atoms with Gasteiger partial charge >= 0.3 is 0 Å². The zero-order chi connectivity index (χ0) is 15.1. The number of anilines is 1. The van der Waals surface area contributed by atoms with E-state index in [-0.39, 0.29) is 0 Å². The molecule has 0 fully saturated rings. The summed E-state index contributed by atoms with van der Waals surface area (Å²) >= 11 is 1.86. The molecule has 0 aliphatic carbocycles. The lowest BCUT2D eigenvalue weighted by atomic mass is 10.0. The van der Waals surface area contributed by atoms with Gasteiger partial charge in [-0.05, 0) is 54.9 Å². The zero-order valence-electron chi connectivity index (χ0n) is 13.3. The molecule has 0 saturated carbocycles. The number of aryl methyl sites for hydroxylation is 1. The molecule has 1 aromatic heterocycles.